The van der Waals surface area contributed by atoms with E-state index in [1.165, 1.54) is 0 Å². The van der Waals surface area contributed by atoms with E-state index in [1.54, 1.807) is 11.0 Å². The maximum absolute atomic E-state index is 12.9. The molecule has 0 N–H and O–H groups in total. The summed E-state index contributed by atoms with van der Waals surface area (Å²) in [7, 11) is 0. The van der Waals surface area contributed by atoms with E-state index < -0.39 is 11.1 Å². The summed E-state index contributed by atoms with van der Waals surface area (Å²) >= 11 is 7.98. The number of morpholine rings is 1. The fraction of sp³-hybridized carbons (Fsp3) is 0.222. The van der Waals surface area contributed by atoms with Crippen molar-refractivity contribution in [2.45, 2.75) is 6.61 Å². The molecule has 37 heavy (non-hydrogen) atoms. The number of halogens is 2. The zero-order chi connectivity index (χ0) is 25.9. The summed E-state index contributed by atoms with van der Waals surface area (Å²) in [6, 6.07) is 17.9. The van der Waals surface area contributed by atoms with Crippen molar-refractivity contribution in [3.05, 3.63) is 79.6 Å². The lowest BCUT2D eigenvalue weighted by Gasteiger charge is -2.28. The highest BCUT2D eigenvalue weighted by molar-refractivity contribution is 9.11. The summed E-state index contributed by atoms with van der Waals surface area (Å²) in [4.78, 5) is 40.8. The molecule has 0 saturated carbocycles. The molecule has 3 amide bonds. The number of thioether (sulfide) groups is 1. The number of benzene rings is 3. The lowest BCUT2D eigenvalue weighted by Crippen LogP contribution is -2.46. The van der Waals surface area contributed by atoms with Gasteiger partial charge in [-0.15, -0.1) is 0 Å². The maximum atomic E-state index is 12.9. The predicted octanol–water partition coefficient (Wildman–Crippen LogP) is 5.84. The number of nitrogens with zero attached hydrogens (tertiary/aromatic N) is 2. The van der Waals surface area contributed by atoms with Crippen LogP contribution >= 0.6 is 43.6 Å². The Morgan fingerprint density at radius 1 is 1.03 bits per heavy atom. The summed E-state index contributed by atoms with van der Waals surface area (Å²) in [5.41, 5.74) is 1.78. The Bertz CT molecular complexity index is 1390. The van der Waals surface area contributed by atoms with Gasteiger partial charge in [-0.25, -0.2) is 0 Å². The van der Waals surface area contributed by atoms with Crippen LogP contribution in [0.2, 0.25) is 0 Å². The summed E-state index contributed by atoms with van der Waals surface area (Å²) < 4.78 is 12.8. The lowest BCUT2D eigenvalue weighted by molar-refractivity contribution is -0.139. The van der Waals surface area contributed by atoms with Gasteiger partial charge in [-0.05, 0) is 83.7 Å². The number of hydrogen-bond acceptors (Lipinski definition) is 6. The van der Waals surface area contributed by atoms with Crippen LogP contribution in [0, 0.1) is 0 Å². The monoisotopic (exact) mass is 644 g/mol. The van der Waals surface area contributed by atoms with Gasteiger partial charge in [0.15, 0.2) is 0 Å². The van der Waals surface area contributed by atoms with Crippen molar-refractivity contribution in [1.29, 1.82) is 0 Å². The molecule has 0 aliphatic carbocycles. The molecule has 0 bridgehead atoms. The van der Waals surface area contributed by atoms with Gasteiger partial charge in [0.05, 0.1) is 27.1 Å². The number of carbonyl (C=O) groups is 3. The number of rotatable bonds is 6. The third kappa shape index (κ3) is 5.77. The van der Waals surface area contributed by atoms with E-state index in [1.807, 2.05) is 36.4 Å². The summed E-state index contributed by atoms with van der Waals surface area (Å²) in [6.45, 7) is 1.95. The quantitative estimate of drug-likeness (QED) is 0.314. The molecule has 5 rings (SSSR count). The first kappa shape index (κ1) is 26.0. The fourth-order valence-corrected chi connectivity index (χ4v) is 6.49. The van der Waals surface area contributed by atoms with Crippen LogP contribution in [0.4, 0.5) is 4.79 Å². The Morgan fingerprint density at radius 2 is 1.73 bits per heavy atom. The average Bonchev–Trinajstić information content (AvgIpc) is 3.16. The molecule has 2 aliphatic heterocycles. The average molecular weight is 646 g/mol. The van der Waals surface area contributed by atoms with Crippen LogP contribution in [0.3, 0.4) is 0 Å². The highest BCUT2D eigenvalue weighted by Crippen LogP contribution is 2.38. The zero-order valence-corrected chi connectivity index (χ0v) is 23.6. The third-order valence-electron chi connectivity index (χ3n) is 6.10. The summed E-state index contributed by atoms with van der Waals surface area (Å²) in [6.07, 6.45) is 1.65. The van der Waals surface area contributed by atoms with Gasteiger partial charge in [0.25, 0.3) is 11.1 Å². The van der Waals surface area contributed by atoms with Crippen molar-refractivity contribution in [2.24, 2.45) is 0 Å². The molecule has 2 saturated heterocycles. The molecular formula is C27H22Br2N2O5S. The minimum atomic E-state index is -0.472. The van der Waals surface area contributed by atoms with Crippen LogP contribution in [0.1, 0.15) is 11.1 Å². The fourth-order valence-electron chi connectivity index (χ4n) is 4.20. The molecule has 10 heteroatoms. The van der Waals surface area contributed by atoms with Crippen molar-refractivity contribution in [3.8, 4) is 5.75 Å². The van der Waals surface area contributed by atoms with Gasteiger partial charge >= 0.3 is 0 Å². The maximum Gasteiger partial charge on any atom is 0.294 e. The van der Waals surface area contributed by atoms with Crippen molar-refractivity contribution in [1.82, 2.24) is 9.80 Å². The smallest absolute Gasteiger partial charge is 0.294 e. The molecule has 3 aromatic carbocycles. The van der Waals surface area contributed by atoms with Crippen LogP contribution in [-0.2, 0) is 20.9 Å². The number of hydrogen-bond donors (Lipinski definition) is 0. The van der Waals surface area contributed by atoms with Crippen LogP contribution in [-0.4, -0.2) is 59.7 Å². The van der Waals surface area contributed by atoms with Crippen LogP contribution in [0.5, 0.6) is 5.75 Å². The second-order valence-corrected chi connectivity index (χ2v) is 11.2. The molecule has 7 nitrogen and oxygen atoms in total. The van der Waals surface area contributed by atoms with Gasteiger partial charge in [-0.3, -0.25) is 19.3 Å². The van der Waals surface area contributed by atoms with Gasteiger partial charge in [-0.1, -0.05) is 42.5 Å². The van der Waals surface area contributed by atoms with Gasteiger partial charge in [0.1, 0.15) is 18.9 Å². The highest BCUT2D eigenvalue weighted by atomic mass is 79.9. The molecule has 2 fully saturated rings. The van der Waals surface area contributed by atoms with Gasteiger partial charge in [0.2, 0.25) is 5.91 Å². The molecular weight excluding hydrogens is 624 g/mol. The number of carbonyl (C=O) groups excluding carboxylic acids is 3. The number of imide groups is 1. The molecule has 0 atom stereocenters. The molecule has 0 aromatic heterocycles. The lowest BCUT2D eigenvalue weighted by atomic mass is 10.1. The molecule has 190 valence electrons. The van der Waals surface area contributed by atoms with E-state index in [0.29, 0.717) is 53.2 Å². The first-order valence-corrected chi connectivity index (χ1v) is 14.0. The second-order valence-electron chi connectivity index (χ2n) is 8.50. The van der Waals surface area contributed by atoms with Crippen molar-refractivity contribution in [2.75, 3.05) is 32.8 Å². The third-order valence-corrected chi connectivity index (χ3v) is 8.19. The summed E-state index contributed by atoms with van der Waals surface area (Å²) in [5, 5.41) is 1.83. The minimum absolute atomic E-state index is 0.259. The Morgan fingerprint density at radius 3 is 2.49 bits per heavy atom. The molecule has 0 spiro atoms. The van der Waals surface area contributed by atoms with E-state index in [9.17, 15) is 14.4 Å². The summed E-state index contributed by atoms with van der Waals surface area (Å²) in [5.74, 6) is -0.0977. The standard InChI is InChI=1S/C27H22Br2N2O5S/c28-21-12-17(13-22(29)25(21)36-16-19-6-3-5-18-4-1-2-7-20(18)19)14-23-26(33)31(27(34)37-23)15-24(32)30-8-10-35-11-9-30/h1-7,12-14H,8-11,15-16H2/b23-14+. The molecule has 0 radical (unpaired) electrons. The SMILES string of the molecule is O=C(CN1C(=O)S/C(=C/c2cc(Br)c(OCc3cccc4ccccc34)c(Br)c2)C1=O)N1CCOCC1. The highest BCUT2D eigenvalue weighted by Gasteiger charge is 2.37. The van der Waals surface area contributed by atoms with E-state index in [4.69, 9.17) is 9.47 Å². The van der Waals surface area contributed by atoms with E-state index in [-0.39, 0.29) is 17.4 Å². The Hall–Kier alpha value is -2.66. The van der Waals surface area contributed by atoms with Crippen molar-refractivity contribution < 1.29 is 23.9 Å². The topological polar surface area (TPSA) is 76.2 Å². The zero-order valence-electron chi connectivity index (χ0n) is 19.6. The predicted molar refractivity (Wildman–Crippen MR) is 150 cm³/mol. The van der Waals surface area contributed by atoms with E-state index >= 15 is 0 Å². The molecule has 2 aliphatic rings. The van der Waals surface area contributed by atoms with Crippen LogP contribution in [0.25, 0.3) is 16.8 Å². The van der Waals surface area contributed by atoms with Crippen molar-refractivity contribution >= 4 is 77.5 Å². The first-order chi connectivity index (χ1) is 17.9. The Labute approximate surface area is 235 Å². The first-order valence-electron chi connectivity index (χ1n) is 11.6. The normalized spacial score (nSPS) is 17.2. The largest absolute Gasteiger partial charge is 0.487 e. The molecule has 3 aromatic rings. The Balaban J connectivity index is 1.29. The molecule has 0 unspecified atom stereocenters. The minimum Gasteiger partial charge on any atom is -0.487 e. The van der Waals surface area contributed by atoms with Gasteiger partial charge < -0.3 is 14.4 Å². The van der Waals surface area contributed by atoms with E-state index in [0.717, 1.165) is 33.0 Å². The van der Waals surface area contributed by atoms with Gasteiger partial charge in [0, 0.05) is 13.1 Å². The molecule has 2 heterocycles. The van der Waals surface area contributed by atoms with Crippen LogP contribution < -0.4 is 4.74 Å². The van der Waals surface area contributed by atoms with E-state index in [2.05, 4.69) is 50.1 Å². The Kier molecular flexibility index (Phi) is 7.99. The van der Waals surface area contributed by atoms with Crippen LogP contribution in [0.15, 0.2) is 68.4 Å². The number of amides is 3. The van der Waals surface area contributed by atoms with Gasteiger partial charge in [-0.2, -0.15) is 0 Å². The number of fused-ring (bicyclic) bond motifs is 1. The van der Waals surface area contributed by atoms with Crippen molar-refractivity contribution in [3.63, 3.8) is 0 Å². The second kappa shape index (κ2) is 11.4. The number of ether oxygens (including phenoxy) is 2.